The van der Waals surface area contributed by atoms with Gasteiger partial charge in [-0.3, -0.25) is 0 Å². The van der Waals surface area contributed by atoms with Gasteiger partial charge in [0, 0.05) is 6.04 Å². The number of benzene rings is 1. The van der Waals surface area contributed by atoms with Crippen LogP contribution in [0.3, 0.4) is 0 Å². The number of nitrogens with one attached hydrogen (secondary N) is 1. The highest BCUT2D eigenvalue weighted by Gasteiger charge is 2.06. The molecule has 1 nitrogen and oxygen atoms in total. The van der Waals surface area contributed by atoms with Gasteiger partial charge in [-0.25, -0.2) is 4.39 Å². The second kappa shape index (κ2) is 4.38. The summed E-state index contributed by atoms with van der Waals surface area (Å²) in [6.07, 6.45) is 0. The van der Waals surface area contributed by atoms with E-state index < -0.39 is 0 Å². The lowest BCUT2D eigenvalue weighted by molar-refractivity contribution is 0.588. The van der Waals surface area contributed by atoms with E-state index in [4.69, 9.17) is 0 Å². The van der Waals surface area contributed by atoms with Crippen molar-refractivity contribution in [3.05, 3.63) is 35.1 Å². The lowest BCUT2D eigenvalue weighted by Crippen LogP contribution is -2.18. The molecule has 0 spiro atoms. The molecule has 1 atom stereocenters. The number of halogens is 1. The van der Waals surface area contributed by atoms with Gasteiger partial charge in [-0.15, -0.1) is 0 Å². The second-order valence-electron chi connectivity index (χ2n) is 3.28. The van der Waals surface area contributed by atoms with E-state index in [-0.39, 0.29) is 5.82 Å². The molecule has 0 saturated heterocycles. The molecule has 1 unspecified atom stereocenters. The van der Waals surface area contributed by atoms with Crippen LogP contribution < -0.4 is 5.32 Å². The van der Waals surface area contributed by atoms with E-state index in [2.05, 4.69) is 19.2 Å². The first-order valence-corrected chi connectivity index (χ1v) is 4.64. The lowest BCUT2D eigenvalue weighted by atomic mass is 10.0. The van der Waals surface area contributed by atoms with Gasteiger partial charge in [0.15, 0.2) is 0 Å². The van der Waals surface area contributed by atoms with Crippen LogP contribution in [0, 0.1) is 12.7 Å². The van der Waals surface area contributed by atoms with E-state index in [1.165, 1.54) is 11.6 Å². The van der Waals surface area contributed by atoms with Crippen LogP contribution in [0.2, 0.25) is 0 Å². The van der Waals surface area contributed by atoms with Crippen molar-refractivity contribution in [2.45, 2.75) is 26.8 Å². The predicted molar refractivity (Wildman–Crippen MR) is 53.2 cm³/mol. The van der Waals surface area contributed by atoms with Crippen molar-refractivity contribution in [3.8, 4) is 0 Å². The zero-order chi connectivity index (χ0) is 9.84. The minimum absolute atomic E-state index is 0.162. The van der Waals surface area contributed by atoms with Crippen molar-refractivity contribution in [2.75, 3.05) is 6.54 Å². The van der Waals surface area contributed by atoms with Gasteiger partial charge in [0.2, 0.25) is 0 Å². The quantitative estimate of drug-likeness (QED) is 0.756. The Morgan fingerprint density at radius 1 is 1.46 bits per heavy atom. The molecule has 0 heterocycles. The predicted octanol–water partition coefficient (Wildman–Crippen LogP) is 2.80. The normalized spacial score (nSPS) is 12.9. The molecule has 0 bridgehead atoms. The molecule has 1 N–H and O–H groups in total. The molecule has 1 aromatic rings. The molecule has 0 aromatic heterocycles. The van der Waals surface area contributed by atoms with E-state index >= 15 is 0 Å². The van der Waals surface area contributed by atoms with Crippen LogP contribution in [0.5, 0.6) is 0 Å². The van der Waals surface area contributed by atoms with Gasteiger partial charge in [0.05, 0.1) is 0 Å². The highest BCUT2D eigenvalue weighted by atomic mass is 19.1. The zero-order valence-electron chi connectivity index (χ0n) is 8.39. The van der Waals surface area contributed by atoms with Crippen molar-refractivity contribution in [1.29, 1.82) is 0 Å². The average Bonchev–Trinajstić information content (AvgIpc) is 2.04. The minimum atomic E-state index is -0.162. The van der Waals surface area contributed by atoms with Crippen LogP contribution in [0.4, 0.5) is 4.39 Å². The van der Waals surface area contributed by atoms with Crippen molar-refractivity contribution in [3.63, 3.8) is 0 Å². The summed E-state index contributed by atoms with van der Waals surface area (Å²) in [4.78, 5) is 0. The summed E-state index contributed by atoms with van der Waals surface area (Å²) in [5, 5.41) is 3.30. The third-order valence-electron chi connectivity index (χ3n) is 2.21. The summed E-state index contributed by atoms with van der Waals surface area (Å²) in [6.45, 7) is 7.02. The fourth-order valence-electron chi connectivity index (χ4n) is 1.54. The molecule has 0 aliphatic carbocycles. The Kier molecular flexibility index (Phi) is 3.43. The maximum absolute atomic E-state index is 12.8. The fourth-order valence-corrected chi connectivity index (χ4v) is 1.54. The van der Waals surface area contributed by atoms with E-state index in [1.807, 2.05) is 13.0 Å². The van der Waals surface area contributed by atoms with Gasteiger partial charge >= 0.3 is 0 Å². The average molecular weight is 181 g/mol. The molecule has 0 aliphatic heterocycles. The summed E-state index contributed by atoms with van der Waals surface area (Å²) >= 11 is 0. The Morgan fingerprint density at radius 2 is 2.15 bits per heavy atom. The largest absolute Gasteiger partial charge is 0.310 e. The maximum atomic E-state index is 12.8. The van der Waals surface area contributed by atoms with Crippen LogP contribution >= 0.6 is 0 Å². The summed E-state index contributed by atoms with van der Waals surface area (Å²) in [5.74, 6) is -0.162. The lowest BCUT2D eigenvalue weighted by Gasteiger charge is -2.15. The highest BCUT2D eigenvalue weighted by molar-refractivity contribution is 5.28. The van der Waals surface area contributed by atoms with Gasteiger partial charge in [-0.05, 0) is 43.7 Å². The Bertz CT molecular complexity index is 283. The van der Waals surface area contributed by atoms with Crippen molar-refractivity contribution < 1.29 is 4.39 Å². The van der Waals surface area contributed by atoms with Crippen LogP contribution in [0.25, 0.3) is 0 Å². The standard InChI is InChI=1S/C11H16FN/c1-4-13-9(3)11-6-5-10(12)7-8(11)2/h5-7,9,13H,4H2,1-3H3. The maximum Gasteiger partial charge on any atom is 0.123 e. The monoisotopic (exact) mass is 181 g/mol. The molecule has 0 amide bonds. The first-order valence-electron chi connectivity index (χ1n) is 4.64. The Morgan fingerprint density at radius 3 is 2.69 bits per heavy atom. The molecular formula is C11H16FN. The molecule has 1 aromatic carbocycles. The third-order valence-corrected chi connectivity index (χ3v) is 2.21. The molecular weight excluding hydrogens is 165 g/mol. The molecule has 72 valence electrons. The number of aryl methyl sites for hydroxylation is 1. The second-order valence-corrected chi connectivity index (χ2v) is 3.28. The van der Waals surface area contributed by atoms with E-state index in [9.17, 15) is 4.39 Å². The highest BCUT2D eigenvalue weighted by Crippen LogP contribution is 2.17. The van der Waals surface area contributed by atoms with E-state index in [0.29, 0.717) is 6.04 Å². The van der Waals surface area contributed by atoms with E-state index in [1.54, 1.807) is 6.07 Å². The number of hydrogen-bond acceptors (Lipinski definition) is 1. The fraction of sp³-hybridized carbons (Fsp3) is 0.455. The molecule has 2 heteroatoms. The van der Waals surface area contributed by atoms with Crippen molar-refractivity contribution in [1.82, 2.24) is 5.32 Å². The van der Waals surface area contributed by atoms with Gasteiger partial charge in [-0.1, -0.05) is 13.0 Å². The Balaban J connectivity index is 2.88. The first-order chi connectivity index (χ1) is 6.15. The van der Waals surface area contributed by atoms with Gasteiger partial charge in [-0.2, -0.15) is 0 Å². The number of hydrogen-bond donors (Lipinski definition) is 1. The van der Waals surface area contributed by atoms with Gasteiger partial charge in [0.1, 0.15) is 5.82 Å². The summed E-state index contributed by atoms with van der Waals surface area (Å²) in [7, 11) is 0. The molecule has 0 radical (unpaired) electrons. The van der Waals surface area contributed by atoms with Gasteiger partial charge in [0.25, 0.3) is 0 Å². The first kappa shape index (κ1) is 10.2. The zero-order valence-corrected chi connectivity index (χ0v) is 8.39. The smallest absolute Gasteiger partial charge is 0.123 e. The Labute approximate surface area is 79.0 Å². The van der Waals surface area contributed by atoms with Gasteiger partial charge < -0.3 is 5.32 Å². The SMILES string of the molecule is CCNC(C)c1ccc(F)cc1C. The molecule has 0 fully saturated rings. The van der Waals surface area contributed by atoms with Crippen LogP contribution in [0.15, 0.2) is 18.2 Å². The topological polar surface area (TPSA) is 12.0 Å². The van der Waals surface area contributed by atoms with E-state index in [0.717, 1.165) is 12.1 Å². The molecule has 0 aliphatic rings. The number of rotatable bonds is 3. The molecule has 13 heavy (non-hydrogen) atoms. The summed E-state index contributed by atoms with van der Waals surface area (Å²) < 4.78 is 12.8. The van der Waals surface area contributed by atoms with Crippen molar-refractivity contribution in [2.24, 2.45) is 0 Å². The molecule has 0 saturated carbocycles. The summed E-state index contributed by atoms with van der Waals surface area (Å²) in [5.41, 5.74) is 2.18. The van der Waals surface area contributed by atoms with Crippen LogP contribution in [-0.4, -0.2) is 6.54 Å². The summed E-state index contributed by atoms with van der Waals surface area (Å²) in [6, 6.07) is 5.22. The van der Waals surface area contributed by atoms with Crippen molar-refractivity contribution >= 4 is 0 Å². The van der Waals surface area contributed by atoms with Crippen LogP contribution in [0.1, 0.15) is 31.0 Å². The van der Waals surface area contributed by atoms with Crippen LogP contribution in [-0.2, 0) is 0 Å². The third kappa shape index (κ3) is 2.52. The minimum Gasteiger partial charge on any atom is -0.310 e. The molecule has 1 rings (SSSR count). The Hall–Kier alpha value is -0.890.